The highest BCUT2D eigenvalue weighted by molar-refractivity contribution is 7.99. The van der Waals surface area contributed by atoms with Gasteiger partial charge in [0.1, 0.15) is 5.82 Å². The highest BCUT2D eigenvalue weighted by Gasteiger charge is 2.13. The maximum Gasteiger partial charge on any atom is 0.239 e. The van der Waals surface area contributed by atoms with Crippen LogP contribution >= 0.6 is 11.8 Å². The monoisotopic (exact) mass is 239 g/mol. The quantitative estimate of drug-likeness (QED) is 0.543. The first-order chi connectivity index (χ1) is 7.88. The minimum Gasteiger partial charge on any atom is -0.370 e. The number of aromatic nitrogens is 2. The molecular weight excluding hydrogens is 222 g/mol. The molecule has 88 valence electrons. The van der Waals surface area contributed by atoms with Crippen molar-refractivity contribution in [2.24, 2.45) is 11.8 Å². The third-order valence-corrected chi connectivity index (χ3v) is 3.75. The van der Waals surface area contributed by atoms with Gasteiger partial charge in [0.05, 0.1) is 0 Å². The van der Waals surface area contributed by atoms with Crippen LogP contribution in [0.15, 0.2) is 12.3 Å². The van der Waals surface area contributed by atoms with Gasteiger partial charge in [-0.05, 0) is 36.3 Å². The Bertz CT molecular complexity index is 327. The largest absolute Gasteiger partial charge is 0.370 e. The molecule has 2 heterocycles. The van der Waals surface area contributed by atoms with E-state index in [0.29, 0.717) is 5.95 Å². The number of anilines is 2. The zero-order valence-corrected chi connectivity index (χ0v) is 9.96. The maximum atomic E-state index is 5.25. The highest BCUT2D eigenvalue weighted by atomic mass is 32.2. The molecule has 6 heteroatoms. The maximum absolute atomic E-state index is 5.25. The predicted octanol–water partition coefficient (Wildman–Crippen LogP) is 1.32. The number of rotatable bonds is 4. The Balaban J connectivity index is 1.83. The molecule has 0 amide bonds. The highest BCUT2D eigenvalue weighted by Crippen LogP contribution is 2.22. The van der Waals surface area contributed by atoms with Crippen LogP contribution in [0.1, 0.15) is 12.8 Å². The Hall–Kier alpha value is -1.01. The van der Waals surface area contributed by atoms with Crippen LogP contribution in [0.5, 0.6) is 0 Å². The lowest BCUT2D eigenvalue weighted by molar-refractivity contribution is 0.515. The lowest BCUT2D eigenvalue weighted by atomic mass is 10.0. The van der Waals surface area contributed by atoms with Crippen molar-refractivity contribution in [2.75, 3.05) is 28.8 Å². The molecule has 0 saturated carbocycles. The summed E-state index contributed by atoms with van der Waals surface area (Å²) in [6, 6.07) is 1.86. The third kappa shape index (κ3) is 3.24. The number of nitrogens with two attached hydrogens (primary N) is 1. The predicted molar refractivity (Wildman–Crippen MR) is 68.4 cm³/mol. The number of hydrogen-bond donors (Lipinski definition) is 3. The van der Waals surface area contributed by atoms with Crippen molar-refractivity contribution in [1.82, 2.24) is 9.97 Å². The zero-order valence-electron chi connectivity index (χ0n) is 9.15. The number of nitrogens with zero attached hydrogens (tertiary/aromatic N) is 2. The Morgan fingerprint density at radius 2 is 2.25 bits per heavy atom. The van der Waals surface area contributed by atoms with Crippen LogP contribution < -0.4 is 16.6 Å². The van der Waals surface area contributed by atoms with Gasteiger partial charge in [-0.15, -0.1) is 0 Å². The van der Waals surface area contributed by atoms with Crippen LogP contribution in [0.4, 0.5) is 11.8 Å². The first-order valence-electron chi connectivity index (χ1n) is 5.50. The smallest absolute Gasteiger partial charge is 0.239 e. The van der Waals surface area contributed by atoms with Crippen molar-refractivity contribution in [3.05, 3.63) is 12.3 Å². The van der Waals surface area contributed by atoms with E-state index < -0.39 is 0 Å². The summed E-state index contributed by atoms with van der Waals surface area (Å²) in [6.45, 7) is 0.988. The van der Waals surface area contributed by atoms with E-state index in [4.69, 9.17) is 5.84 Å². The van der Waals surface area contributed by atoms with Crippen molar-refractivity contribution in [3.63, 3.8) is 0 Å². The van der Waals surface area contributed by atoms with Gasteiger partial charge in [0.15, 0.2) is 0 Å². The van der Waals surface area contributed by atoms with Crippen molar-refractivity contribution >= 4 is 23.5 Å². The molecule has 1 saturated heterocycles. The van der Waals surface area contributed by atoms with Gasteiger partial charge in [-0.1, -0.05) is 0 Å². The average molecular weight is 239 g/mol. The summed E-state index contributed by atoms with van der Waals surface area (Å²) in [5.74, 6) is 9.87. The fourth-order valence-corrected chi connectivity index (χ4v) is 2.93. The summed E-state index contributed by atoms with van der Waals surface area (Å²) in [5.41, 5.74) is 2.44. The van der Waals surface area contributed by atoms with E-state index in [2.05, 4.69) is 20.7 Å². The Morgan fingerprint density at radius 3 is 3.00 bits per heavy atom. The van der Waals surface area contributed by atoms with Crippen LogP contribution in [-0.4, -0.2) is 28.0 Å². The van der Waals surface area contributed by atoms with Gasteiger partial charge in [0.2, 0.25) is 5.95 Å². The molecule has 0 aromatic carbocycles. The van der Waals surface area contributed by atoms with Gasteiger partial charge < -0.3 is 5.32 Å². The topological polar surface area (TPSA) is 75.9 Å². The number of nitrogen functional groups attached to an aromatic ring is 1. The molecule has 1 fully saturated rings. The van der Waals surface area contributed by atoms with Crippen molar-refractivity contribution in [1.29, 1.82) is 0 Å². The standard InChI is InChI=1S/C10H17N5S/c11-15-10-12-4-1-9(14-10)13-7-8-2-5-16-6-3-8/h1,4,8H,2-3,5-7,11H2,(H2,12,13,14,15). The van der Waals surface area contributed by atoms with Gasteiger partial charge in [-0.25, -0.2) is 10.8 Å². The molecule has 1 aliphatic heterocycles. The van der Waals surface area contributed by atoms with Crippen LogP contribution in [-0.2, 0) is 0 Å². The molecular formula is C10H17N5S. The molecule has 1 aromatic rings. The van der Waals surface area contributed by atoms with Gasteiger partial charge in [-0.3, -0.25) is 5.43 Å². The molecule has 2 rings (SSSR count). The van der Waals surface area contributed by atoms with Crippen molar-refractivity contribution in [2.45, 2.75) is 12.8 Å². The van der Waals surface area contributed by atoms with Gasteiger partial charge in [-0.2, -0.15) is 16.7 Å². The normalized spacial score (nSPS) is 17.1. The SMILES string of the molecule is NNc1nccc(NCC2CCSCC2)n1. The van der Waals surface area contributed by atoms with E-state index in [-0.39, 0.29) is 0 Å². The second-order valence-electron chi connectivity index (χ2n) is 3.85. The van der Waals surface area contributed by atoms with Crippen LogP contribution in [0, 0.1) is 5.92 Å². The number of nitrogens with one attached hydrogen (secondary N) is 2. The molecule has 1 aliphatic rings. The van der Waals surface area contributed by atoms with Crippen molar-refractivity contribution in [3.8, 4) is 0 Å². The first kappa shape index (κ1) is 11.5. The third-order valence-electron chi connectivity index (χ3n) is 2.70. The Labute approximate surface area is 99.6 Å². The fourth-order valence-electron chi connectivity index (χ4n) is 1.73. The molecule has 5 nitrogen and oxygen atoms in total. The summed E-state index contributed by atoms with van der Waals surface area (Å²) in [6.07, 6.45) is 4.29. The molecule has 4 N–H and O–H groups in total. The summed E-state index contributed by atoms with van der Waals surface area (Å²) in [5, 5.41) is 3.33. The van der Waals surface area contributed by atoms with Gasteiger partial charge in [0, 0.05) is 12.7 Å². The van der Waals surface area contributed by atoms with E-state index in [0.717, 1.165) is 18.3 Å². The second-order valence-corrected chi connectivity index (χ2v) is 5.07. The summed E-state index contributed by atoms with van der Waals surface area (Å²) in [4.78, 5) is 8.17. The molecule has 0 radical (unpaired) electrons. The molecule has 0 unspecified atom stereocenters. The number of thioether (sulfide) groups is 1. The van der Waals surface area contributed by atoms with Crippen LogP contribution in [0.3, 0.4) is 0 Å². The van der Waals surface area contributed by atoms with E-state index in [1.165, 1.54) is 24.3 Å². The zero-order chi connectivity index (χ0) is 11.2. The average Bonchev–Trinajstić information content (AvgIpc) is 2.38. The Morgan fingerprint density at radius 1 is 1.44 bits per heavy atom. The van der Waals surface area contributed by atoms with Crippen LogP contribution in [0.2, 0.25) is 0 Å². The van der Waals surface area contributed by atoms with E-state index in [9.17, 15) is 0 Å². The number of hydrazine groups is 1. The minimum atomic E-state index is 0.448. The summed E-state index contributed by atoms with van der Waals surface area (Å²) in [7, 11) is 0. The molecule has 0 atom stereocenters. The van der Waals surface area contributed by atoms with E-state index in [1.807, 2.05) is 17.8 Å². The summed E-state index contributed by atoms with van der Waals surface area (Å²) < 4.78 is 0. The van der Waals surface area contributed by atoms with Crippen LogP contribution in [0.25, 0.3) is 0 Å². The second kappa shape index (κ2) is 5.91. The molecule has 16 heavy (non-hydrogen) atoms. The minimum absolute atomic E-state index is 0.448. The lowest BCUT2D eigenvalue weighted by Gasteiger charge is -2.21. The first-order valence-corrected chi connectivity index (χ1v) is 6.65. The molecule has 0 aliphatic carbocycles. The van der Waals surface area contributed by atoms with Gasteiger partial charge in [0.25, 0.3) is 0 Å². The molecule has 1 aromatic heterocycles. The molecule has 0 spiro atoms. The fraction of sp³-hybridized carbons (Fsp3) is 0.600. The van der Waals surface area contributed by atoms with Crippen molar-refractivity contribution < 1.29 is 0 Å². The van der Waals surface area contributed by atoms with E-state index >= 15 is 0 Å². The lowest BCUT2D eigenvalue weighted by Crippen LogP contribution is -2.20. The van der Waals surface area contributed by atoms with Gasteiger partial charge >= 0.3 is 0 Å². The van der Waals surface area contributed by atoms with E-state index in [1.54, 1.807) is 6.20 Å². The number of hydrogen-bond acceptors (Lipinski definition) is 6. The molecule has 0 bridgehead atoms. The summed E-state index contributed by atoms with van der Waals surface area (Å²) >= 11 is 2.05. The Kier molecular flexibility index (Phi) is 4.24.